The van der Waals surface area contributed by atoms with E-state index >= 15 is 0 Å². The number of thioether (sulfide) groups is 1. The van der Waals surface area contributed by atoms with E-state index in [1.165, 1.54) is 11.1 Å². The van der Waals surface area contributed by atoms with E-state index in [-0.39, 0.29) is 6.04 Å². The van der Waals surface area contributed by atoms with Crippen molar-refractivity contribution in [1.29, 1.82) is 0 Å². The first-order valence-electron chi connectivity index (χ1n) is 6.36. The monoisotopic (exact) mass is 291 g/mol. The standard InChI is InChI=1S/C16H18ClNS/c1-12(18)9-14-7-8-16(15(17)10-14)19-11-13-5-3-2-4-6-13/h2-8,10,12H,9,11,18H2,1H3. The Morgan fingerprint density at radius 3 is 2.47 bits per heavy atom. The first-order valence-corrected chi connectivity index (χ1v) is 7.72. The normalized spacial score (nSPS) is 12.4. The van der Waals surface area contributed by atoms with Crippen molar-refractivity contribution < 1.29 is 0 Å². The van der Waals surface area contributed by atoms with Crippen molar-refractivity contribution in [2.24, 2.45) is 5.73 Å². The third-order valence-corrected chi connectivity index (χ3v) is 4.36. The summed E-state index contributed by atoms with van der Waals surface area (Å²) in [7, 11) is 0. The van der Waals surface area contributed by atoms with Gasteiger partial charge in [-0.2, -0.15) is 0 Å². The number of hydrogen-bond donors (Lipinski definition) is 1. The molecule has 2 N–H and O–H groups in total. The molecule has 0 amide bonds. The van der Waals surface area contributed by atoms with Crippen molar-refractivity contribution in [3.05, 3.63) is 64.7 Å². The van der Waals surface area contributed by atoms with E-state index in [9.17, 15) is 0 Å². The zero-order valence-corrected chi connectivity index (χ0v) is 12.5. The molecule has 0 bridgehead atoms. The highest BCUT2D eigenvalue weighted by molar-refractivity contribution is 7.98. The van der Waals surface area contributed by atoms with Gasteiger partial charge in [-0.05, 0) is 36.6 Å². The Morgan fingerprint density at radius 2 is 1.84 bits per heavy atom. The number of hydrogen-bond acceptors (Lipinski definition) is 2. The highest BCUT2D eigenvalue weighted by Gasteiger charge is 2.05. The van der Waals surface area contributed by atoms with Crippen molar-refractivity contribution in [2.45, 2.75) is 30.0 Å². The highest BCUT2D eigenvalue weighted by atomic mass is 35.5. The van der Waals surface area contributed by atoms with Gasteiger partial charge in [0.05, 0.1) is 5.02 Å². The maximum absolute atomic E-state index is 6.32. The SMILES string of the molecule is CC(N)Cc1ccc(SCc2ccccc2)c(Cl)c1. The molecule has 2 aromatic rings. The fourth-order valence-electron chi connectivity index (χ4n) is 1.90. The third-order valence-electron chi connectivity index (χ3n) is 2.79. The van der Waals surface area contributed by atoms with Crippen molar-refractivity contribution in [2.75, 3.05) is 0 Å². The predicted molar refractivity (Wildman–Crippen MR) is 84.8 cm³/mol. The van der Waals surface area contributed by atoms with E-state index in [0.29, 0.717) is 0 Å². The Balaban J connectivity index is 2.01. The van der Waals surface area contributed by atoms with Crippen molar-refractivity contribution >= 4 is 23.4 Å². The van der Waals surface area contributed by atoms with Gasteiger partial charge in [0.1, 0.15) is 0 Å². The number of nitrogens with two attached hydrogens (primary N) is 1. The van der Waals surface area contributed by atoms with Gasteiger partial charge < -0.3 is 5.73 Å². The molecular formula is C16H18ClNS. The second-order valence-electron chi connectivity index (χ2n) is 4.72. The van der Waals surface area contributed by atoms with Crippen LogP contribution in [0.2, 0.25) is 5.02 Å². The summed E-state index contributed by atoms with van der Waals surface area (Å²) in [6.07, 6.45) is 0.864. The van der Waals surface area contributed by atoms with Crippen LogP contribution < -0.4 is 5.73 Å². The second kappa shape index (κ2) is 6.99. The minimum atomic E-state index is 0.166. The maximum atomic E-state index is 6.32. The molecule has 2 rings (SSSR count). The molecule has 0 aliphatic rings. The Labute approximate surface area is 124 Å². The number of halogens is 1. The lowest BCUT2D eigenvalue weighted by Gasteiger charge is -2.09. The van der Waals surface area contributed by atoms with Gasteiger partial charge in [0.2, 0.25) is 0 Å². The molecule has 0 radical (unpaired) electrons. The van der Waals surface area contributed by atoms with Gasteiger partial charge in [-0.15, -0.1) is 11.8 Å². The summed E-state index contributed by atoms with van der Waals surface area (Å²) in [6.45, 7) is 2.01. The van der Waals surface area contributed by atoms with Crippen LogP contribution in [-0.4, -0.2) is 6.04 Å². The average molecular weight is 292 g/mol. The molecule has 0 fully saturated rings. The van der Waals surface area contributed by atoms with Crippen LogP contribution in [0.5, 0.6) is 0 Å². The summed E-state index contributed by atoms with van der Waals surface area (Å²) in [5.41, 5.74) is 8.31. The molecule has 19 heavy (non-hydrogen) atoms. The topological polar surface area (TPSA) is 26.0 Å². The Kier molecular flexibility index (Phi) is 5.32. The second-order valence-corrected chi connectivity index (χ2v) is 6.14. The minimum Gasteiger partial charge on any atom is -0.328 e. The molecule has 3 heteroatoms. The lowest BCUT2D eigenvalue weighted by molar-refractivity contribution is 0.738. The van der Waals surface area contributed by atoms with Gasteiger partial charge in [0.15, 0.2) is 0 Å². The Morgan fingerprint density at radius 1 is 1.11 bits per heavy atom. The molecule has 1 unspecified atom stereocenters. The fourth-order valence-corrected chi connectivity index (χ4v) is 3.14. The van der Waals surface area contributed by atoms with E-state index < -0.39 is 0 Å². The van der Waals surface area contributed by atoms with Gasteiger partial charge in [-0.25, -0.2) is 0 Å². The van der Waals surface area contributed by atoms with Crippen LogP contribution in [0, 0.1) is 0 Å². The molecule has 2 aromatic carbocycles. The van der Waals surface area contributed by atoms with Gasteiger partial charge in [-0.1, -0.05) is 48.0 Å². The fraction of sp³-hybridized carbons (Fsp3) is 0.250. The van der Waals surface area contributed by atoms with E-state index in [1.54, 1.807) is 11.8 Å². The summed E-state index contributed by atoms with van der Waals surface area (Å²) in [4.78, 5) is 1.12. The van der Waals surface area contributed by atoms with Gasteiger partial charge in [-0.3, -0.25) is 0 Å². The lowest BCUT2D eigenvalue weighted by atomic mass is 10.1. The van der Waals surface area contributed by atoms with Crippen molar-refractivity contribution in [3.63, 3.8) is 0 Å². The molecule has 0 aromatic heterocycles. The summed E-state index contributed by atoms with van der Waals surface area (Å²) in [5, 5.41) is 0.819. The van der Waals surface area contributed by atoms with Crippen LogP contribution >= 0.6 is 23.4 Å². The molecule has 1 nitrogen and oxygen atoms in total. The Bertz CT molecular complexity index is 526. The first-order chi connectivity index (χ1) is 9.15. The van der Waals surface area contributed by atoms with Crippen LogP contribution in [-0.2, 0) is 12.2 Å². The zero-order chi connectivity index (χ0) is 13.7. The van der Waals surface area contributed by atoms with Crippen molar-refractivity contribution in [3.8, 4) is 0 Å². The largest absolute Gasteiger partial charge is 0.328 e. The van der Waals surface area contributed by atoms with Crippen LogP contribution in [0.4, 0.5) is 0 Å². The Hall–Kier alpha value is -0.960. The molecule has 0 aliphatic carbocycles. The van der Waals surface area contributed by atoms with Crippen LogP contribution in [0.15, 0.2) is 53.4 Å². The van der Waals surface area contributed by atoms with E-state index in [2.05, 4.69) is 36.4 Å². The highest BCUT2D eigenvalue weighted by Crippen LogP contribution is 2.30. The average Bonchev–Trinajstić information content (AvgIpc) is 2.38. The first kappa shape index (κ1) is 14.4. The number of benzene rings is 2. The minimum absolute atomic E-state index is 0.166. The predicted octanol–water partition coefficient (Wildman–Crippen LogP) is 4.52. The molecule has 1 atom stereocenters. The van der Waals surface area contributed by atoms with Gasteiger partial charge in [0, 0.05) is 16.7 Å². The molecule has 0 aliphatic heterocycles. The van der Waals surface area contributed by atoms with Crippen LogP contribution in [0.1, 0.15) is 18.1 Å². The third kappa shape index (κ3) is 4.57. The van der Waals surface area contributed by atoms with E-state index in [1.807, 2.05) is 19.1 Å². The van der Waals surface area contributed by atoms with Crippen molar-refractivity contribution in [1.82, 2.24) is 0 Å². The smallest absolute Gasteiger partial charge is 0.0544 e. The summed E-state index contributed by atoms with van der Waals surface area (Å²) in [6, 6.07) is 16.8. The maximum Gasteiger partial charge on any atom is 0.0544 e. The van der Waals surface area contributed by atoms with Crippen LogP contribution in [0.3, 0.4) is 0 Å². The quantitative estimate of drug-likeness (QED) is 0.820. The summed E-state index contributed by atoms with van der Waals surface area (Å²) in [5.74, 6) is 0.938. The molecular weight excluding hydrogens is 274 g/mol. The lowest BCUT2D eigenvalue weighted by Crippen LogP contribution is -2.17. The van der Waals surface area contributed by atoms with Crippen LogP contribution in [0.25, 0.3) is 0 Å². The summed E-state index contributed by atoms with van der Waals surface area (Å²) < 4.78 is 0. The molecule has 0 spiro atoms. The summed E-state index contributed by atoms with van der Waals surface area (Å²) >= 11 is 8.08. The van der Waals surface area contributed by atoms with E-state index in [4.69, 9.17) is 17.3 Å². The molecule has 0 saturated carbocycles. The molecule has 0 heterocycles. The van der Waals surface area contributed by atoms with Gasteiger partial charge in [0.25, 0.3) is 0 Å². The number of rotatable bonds is 5. The zero-order valence-electron chi connectivity index (χ0n) is 11.0. The van der Waals surface area contributed by atoms with Gasteiger partial charge >= 0.3 is 0 Å². The van der Waals surface area contributed by atoms with E-state index in [0.717, 1.165) is 22.1 Å². The molecule has 100 valence electrons. The molecule has 0 saturated heterocycles.